The van der Waals surface area contributed by atoms with Gasteiger partial charge in [-0.2, -0.15) is 0 Å². The molecule has 3 aromatic carbocycles. The van der Waals surface area contributed by atoms with E-state index in [2.05, 4.69) is 16.7 Å². The standard InChI is InChI=1S/C26H24ClN3O2/c1-18-7-6-8-20(15-18)30-17-19(16-25(30)31)26-28-22-10-3-4-11-23(22)29(26)13-14-32-24-12-5-2-9-21(24)27/h2-12,15,19H,13-14,16-17H2,1H3/t19-/m1/s1. The van der Waals surface area contributed by atoms with Crippen molar-refractivity contribution in [1.82, 2.24) is 9.55 Å². The third-order valence-corrected chi connectivity index (χ3v) is 6.21. The Morgan fingerprint density at radius 3 is 2.72 bits per heavy atom. The van der Waals surface area contributed by atoms with Crippen LogP contribution < -0.4 is 9.64 Å². The van der Waals surface area contributed by atoms with Crippen LogP contribution in [0.25, 0.3) is 11.0 Å². The molecule has 1 aliphatic rings. The van der Waals surface area contributed by atoms with Gasteiger partial charge in [0.05, 0.1) is 22.6 Å². The van der Waals surface area contributed by atoms with Gasteiger partial charge in [0.1, 0.15) is 18.2 Å². The molecular formula is C26H24ClN3O2. The second-order valence-electron chi connectivity index (χ2n) is 8.13. The number of ether oxygens (including phenoxy) is 1. The van der Waals surface area contributed by atoms with Crippen LogP contribution >= 0.6 is 11.6 Å². The van der Waals surface area contributed by atoms with Crippen molar-refractivity contribution in [1.29, 1.82) is 0 Å². The van der Waals surface area contributed by atoms with Gasteiger partial charge in [-0.05, 0) is 48.9 Å². The normalized spacial score (nSPS) is 16.1. The van der Waals surface area contributed by atoms with Crippen molar-refractivity contribution in [2.24, 2.45) is 0 Å². The van der Waals surface area contributed by atoms with Crippen molar-refractivity contribution in [2.45, 2.75) is 25.8 Å². The van der Waals surface area contributed by atoms with E-state index in [1.54, 1.807) is 0 Å². The molecule has 1 fully saturated rings. The minimum atomic E-state index is 0.0238. The van der Waals surface area contributed by atoms with Gasteiger partial charge < -0.3 is 14.2 Å². The number of hydrogen-bond acceptors (Lipinski definition) is 3. The quantitative estimate of drug-likeness (QED) is 0.388. The fourth-order valence-corrected chi connectivity index (χ4v) is 4.57. The van der Waals surface area contributed by atoms with Crippen molar-refractivity contribution in [3.05, 3.63) is 89.2 Å². The predicted octanol–water partition coefficient (Wildman–Crippen LogP) is 5.60. The van der Waals surface area contributed by atoms with Crippen LogP contribution in [0.4, 0.5) is 5.69 Å². The molecule has 5 rings (SSSR count). The first-order chi connectivity index (χ1) is 15.6. The van der Waals surface area contributed by atoms with Crippen molar-refractivity contribution in [3.8, 4) is 5.75 Å². The average molecular weight is 446 g/mol. The SMILES string of the molecule is Cc1cccc(N2C[C@H](c3nc4ccccc4n3CCOc3ccccc3Cl)CC2=O)c1. The third-order valence-electron chi connectivity index (χ3n) is 5.90. The second kappa shape index (κ2) is 8.67. The molecule has 0 unspecified atom stereocenters. The van der Waals surface area contributed by atoms with Crippen molar-refractivity contribution < 1.29 is 9.53 Å². The summed E-state index contributed by atoms with van der Waals surface area (Å²) < 4.78 is 8.13. The van der Waals surface area contributed by atoms with Crippen molar-refractivity contribution in [2.75, 3.05) is 18.1 Å². The first kappa shape index (κ1) is 20.6. The first-order valence-electron chi connectivity index (χ1n) is 10.8. The Hall–Kier alpha value is -3.31. The van der Waals surface area contributed by atoms with Crippen LogP contribution in [-0.4, -0.2) is 28.6 Å². The van der Waals surface area contributed by atoms with Crippen molar-refractivity contribution >= 4 is 34.2 Å². The lowest BCUT2D eigenvalue weighted by Gasteiger charge is -2.18. The van der Waals surface area contributed by atoms with E-state index in [4.69, 9.17) is 21.3 Å². The Balaban J connectivity index is 1.41. The maximum Gasteiger partial charge on any atom is 0.227 e. The number of aryl methyl sites for hydroxylation is 1. The molecule has 32 heavy (non-hydrogen) atoms. The molecule has 1 aromatic heterocycles. The minimum absolute atomic E-state index is 0.0238. The largest absolute Gasteiger partial charge is 0.490 e. The zero-order chi connectivity index (χ0) is 22.1. The van der Waals surface area contributed by atoms with Crippen LogP contribution in [0.3, 0.4) is 0 Å². The summed E-state index contributed by atoms with van der Waals surface area (Å²) in [6.07, 6.45) is 0.447. The topological polar surface area (TPSA) is 47.4 Å². The van der Waals surface area contributed by atoms with Gasteiger partial charge in [-0.15, -0.1) is 0 Å². The molecule has 1 aliphatic heterocycles. The van der Waals surface area contributed by atoms with Gasteiger partial charge in [0.2, 0.25) is 5.91 Å². The number of halogens is 1. The maximum absolute atomic E-state index is 12.9. The average Bonchev–Trinajstić information content (AvgIpc) is 3.36. The van der Waals surface area contributed by atoms with E-state index >= 15 is 0 Å². The Morgan fingerprint density at radius 1 is 1.06 bits per heavy atom. The van der Waals surface area contributed by atoms with E-state index in [1.165, 1.54) is 0 Å². The summed E-state index contributed by atoms with van der Waals surface area (Å²) in [6, 6.07) is 23.6. The third kappa shape index (κ3) is 3.96. The van der Waals surface area contributed by atoms with E-state index in [0.717, 1.165) is 28.1 Å². The summed E-state index contributed by atoms with van der Waals surface area (Å²) in [5.41, 5.74) is 4.07. The molecule has 4 aromatic rings. The number of rotatable bonds is 6. The van der Waals surface area contributed by atoms with Crippen LogP contribution in [0.5, 0.6) is 5.75 Å². The van der Waals surface area contributed by atoms with Crippen LogP contribution in [0, 0.1) is 6.92 Å². The molecule has 0 saturated carbocycles. The predicted molar refractivity (Wildman–Crippen MR) is 128 cm³/mol. The zero-order valence-corrected chi connectivity index (χ0v) is 18.6. The molecule has 1 atom stereocenters. The molecule has 5 nitrogen and oxygen atoms in total. The lowest BCUT2D eigenvalue weighted by atomic mass is 10.1. The highest BCUT2D eigenvalue weighted by Gasteiger charge is 2.34. The van der Waals surface area contributed by atoms with E-state index < -0.39 is 0 Å². The molecule has 0 radical (unpaired) electrons. The van der Waals surface area contributed by atoms with E-state index in [-0.39, 0.29) is 11.8 Å². The highest BCUT2D eigenvalue weighted by Crippen LogP contribution is 2.33. The molecule has 1 amide bonds. The summed E-state index contributed by atoms with van der Waals surface area (Å²) in [5, 5.41) is 0.596. The molecule has 6 heteroatoms. The van der Waals surface area contributed by atoms with E-state index in [0.29, 0.717) is 36.9 Å². The fourth-order valence-electron chi connectivity index (χ4n) is 4.38. The monoisotopic (exact) mass is 445 g/mol. The number of nitrogens with zero attached hydrogens (tertiary/aromatic N) is 3. The zero-order valence-electron chi connectivity index (χ0n) is 17.9. The first-order valence-corrected chi connectivity index (χ1v) is 11.2. The van der Waals surface area contributed by atoms with Gasteiger partial charge in [-0.25, -0.2) is 4.98 Å². The Bertz CT molecular complexity index is 1280. The number of imidazole rings is 1. The number of hydrogen-bond donors (Lipinski definition) is 0. The Morgan fingerprint density at radius 2 is 1.88 bits per heavy atom. The van der Waals surface area contributed by atoms with Gasteiger partial charge >= 0.3 is 0 Å². The second-order valence-corrected chi connectivity index (χ2v) is 8.54. The number of carbonyl (C=O) groups is 1. The smallest absolute Gasteiger partial charge is 0.227 e. The number of carbonyl (C=O) groups excluding carboxylic acids is 1. The number of anilines is 1. The molecule has 162 valence electrons. The van der Waals surface area contributed by atoms with Gasteiger partial charge in [0.25, 0.3) is 0 Å². The van der Waals surface area contributed by atoms with Gasteiger partial charge in [0.15, 0.2) is 0 Å². The molecule has 0 bridgehead atoms. The van der Waals surface area contributed by atoms with Crippen LogP contribution in [0.15, 0.2) is 72.8 Å². The van der Waals surface area contributed by atoms with Gasteiger partial charge in [0, 0.05) is 24.6 Å². The van der Waals surface area contributed by atoms with E-state index in [1.807, 2.05) is 72.5 Å². The summed E-state index contributed by atoms with van der Waals surface area (Å²) in [6.45, 7) is 3.74. The lowest BCUT2D eigenvalue weighted by molar-refractivity contribution is -0.117. The molecule has 0 aliphatic carbocycles. The van der Waals surface area contributed by atoms with Gasteiger partial charge in [-0.1, -0.05) is 48.0 Å². The highest BCUT2D eigenvalue weighted by atomic mass is 35.5. The highest BCUT2D eigenvalue weighted by molar-refractivity contribution is 6.32. The molecule has 2 heterocycles. The van der Waals surface area contributed by atoms with Gasteiger partial charge in [-0.3, -0.25) is 4.79 Å². The number of benzene rings is 3. The maximum atomic E-state index is 12.9. The summed E-state index contributed by atoms with van der Waals surface area (Å²) in [7, 11) is 0. The molecule has 1 saturated heterocycles. The lowest BCUT2D eigenvalue weighted by Crippen LogP contribution is -2.24. The van der Waals surface area contributed by atoms with Crippen LogP contribution in [0.1, 0.15) is 23.7 Å². The minimum Gasteiger partial charge on any atom is -0.490 e. The number of fused-ring (bicyclic) bond motifs is 1. The molecule has 0 N–H and O–H groups in total. The van der Waals surface area contributed by atoms with Crippen LogP contribution in [0.2, 0.25) is 5.02 Å². The number of amides is 1. The molecule has 0 spiro atoms. The number of para-hydroxylation sites is 3. The summed E-state index contributed by atoms with van der Waals surface area (Å²) in [5.74, 6) is 1.75. The summed E-state index contributed by atoms with van der Waals surface area (Å²) in [4.78, 5) is 19.7. The fraction of sp³-hybridized carbons (Fsp3) is 0.231. The Labute approximate surface area is 192 Å². The Kier molecular flexibility index (Phi) is 5.58. The van der Waals surface area contributed by atoms with Crippen molar-refractivity contribution in [3.63, 3.8) is 0 Å². The number of aromatic nitrogens is 2. The van der Waals surface area contributed by atoms with E-state index in [9.17, 15) is 4.79 Å². The molecular weight excluding hydrogens is 422 g/mol. The summed E-state index contributed by atoms with van der Waals surface area (Å²) >= 11 is 6.23. The van der Waals surface area contributed by atoms with Crippen LogP contribution in [-0.2, 0) is 11.3 Å².